The fourth-order valence-electron chi connectivity index (χ4n) is 4.04. The molecule has 3 heterocycles. The molecule has 0 saturated heterocycles. The van der Waals surface area contributed by atoms with Crippen LogP contribution < -0.4 is 4.74 Å². The Morgan fingerprint density at radius 2 is 1.83 bits per heavy atom. The molecule has 35 heavy (non-hydrogen) atoms. The maximum absolute atomic E-state index is 12.8. The number of amides is 1. The van der Waals surface area contributed by atoms with Crippen molar-refractivity contribution in [2.45, 2.75) is 26.3 Å². The maximum Gasteiger partial charge on any atom is 0.283 e. The molecule has 1 N–H and O–H groups in total. The van der Waals surface area contributed by atoms with E-state index in [1.165, 1.54) is 17.3 Å². The van der Waals surface area contributed by atoms with Gasteiger partial charge in [0.15, 0.2) is 5.17 Å². The molecule has 176 valence electrons. The van der Waals surface area contributed by atoms with Crippen LogP contribution in [0.25, 0.3) is 11.8 Å². The molecule has 0 fully saturated rings. The van der Waals surface area contributed by atoms with Crippen LogP contribution in [0, 0.1) is 5.41 Å². The van der Waals surface area contributed by atoms with Gasteiger partial charge in [0.2, 0.25) is 0 Å². The molecule has 7 heteroatoms. The van der Waals surface area contributed by atoms with Gasteiger partial charge in [0.05, 0.1) is 17.8 Å². The molecule has 0 radical (unpaired) electrons. The van der Waals surface area contributed by atoms with Crippen LogP contribution in [0.1, 0.15) is 36.6 Å². The van der Waals surface area contributed by atoms with Crippen molar-refractivity contribution < 1.29 is 9.53 Å². The first kappa shape index (κ1) is 22.9. The Balaban J connectivity index is 1.31. The Morgan fingerprint density at radius 1 is 1.06 bits per heavy atom. The van der Waals surface area contributed by atoms with E-state index >= 15 is 0 Å². The number of rotatable bonds is 7. The number of amidine groups is 2. The van der Waals surface area contributed by atoms with Crippen LogP contribution in [0.2, 0.25) is 0 Å². The lowest BCUT2D eigenvalue weighted by Gasteiger charge is -2.27. The van der Waals surface area contributed by atoms with Crippen molar-refractivity contribution in [1.82, 2.24) is 9.47 Å². The van der Waals surface area contributed by atoms with Gasteiger partial charge in [-0.05, 0) is 47.4 Å². The minimum atomic E-state index is -0.397. The third kappa shape index (κ3) is 4.72. The number of nitrogens with zero attached hydrogens (tertiary/aromatic N) is 3. The Bertz CT molecular complexity index is 1350. The zero-order valence-electron chi connectivity index (χ0n) is 19.6. The summed E-state index contributed by atoms with van der Waals surface area (Å²) in [6.45, 7) is 5.44. The molecule has 1 aromatic heterocycles. The molecule has 2 aromatic carbocycles. The standard InChI is InChI=1S/C28H26N4O2S/c1-19(2)20-10-12-23(13-11-20)34-16-15-31-14-6-9-22(31)17-24-26(29)32-25(21-7-4-3-5-8-21)18-35-28(32)30-27(24)33/h3-14,17-19,29H,15-16H2,1-2H3. The number of hydrogen-bond acceptors (Lipinski definition) is 4. The number of benzene rings is 2. The fraction of sp³-hybridized carbons (Fsp3) is 0.179. The van der Waals surface area contributed by atoms with Crippen LogP contribution in [-0.2, 0) is 11.3 Å². The van der Waals surface area contributed by atoms with Gasteiger partial charge in [-0.25, -0.2) is 0 Å². The molecule has 0 spiro atoms. The van der Waals surface area contributed by atoms with E-state index in [4.69, 9.17) is 10.1 Å². The van der Waals surface area contributed by atoms with Gasteiger partial charge in [0, 0.05) is 17.3 Å². The Labute approximate surface area is 209 Å². The third-order valence-corrected chi connectivity index (χ3v) is 6.81. The lowest BCUT2D eigenvalue weighted by Crippen LogP contribution is -2.38. The Kier molecular flexibility index (Phi) is 6.42. The van der Waals surface area contributed by atoms with Crippen molar-refractivity contribution in [2.24, 2.45) is 4.99 Å². The van der Waals surface area contributed by atoms with Gasteiger partial charge in [0.1, 0.15) is 18.2 Å². The summed E-state index contributed by atoms with van der Waals surface area (Å²) in [6.07, 6.45) is 3.69. The zero-order chi connectivity index (χ0) is 24.4. The summed E-state index contributed by atoms with van der Waals surface area (Å²) < 4.78 is 7.95. The summed E-state index contributed by atoms with van der Waals surface area (Å²) in [5, 5.41) is 11.3. The van der Waals surface area contributed by atoms with E-state index in [1.54, 1.807) is 11.0 Å². The highest BCUT2D eigenvalue weighted by Gasteiger charge is 2.36. The topological polar surface area (TPSA) is 70.7 Å². The number of carbonyl (C=O) groups is 1. The van der Waals surface area contributed by atoms with Crippen LogP contribution in [0.4, 0.5) is 0 Å². The normalized spacial score (nSPS) is 16.5. The largest absolute Gasteiger partial charge is 0.492 e. The summed E-state index contributed by atoms with van der Waals surface area (Å²) in [5.41, 5.74) is 4.20. The van der Waals surface area contributed by atoms with E-state index in [9.17, 15) is 4.79 Å². The van der Waals surface area contributed by atoms with Crippen LogP contribution >= 0.6 is 11.8 Å². The lowest BCUT2D eigenvalue weighted by molar-refractivity contribution is -0.114. The maximum atomic E-state index is 12.8. The predicted molar refractivity (Wildman–Crippen MR) is 142 cm³/mol. The van der Waals surface area contributed by atoms with Crippen molar-refractivity contribution in [3.8, 4) is 5.75 Å². The van der Waals surface area contributed by atoms with Crippen molar-refractivity contribution in [1.29, 1.82) is 5.41 Å². The molecule has 0 aliphatic carbocycles. The molecular formula is C28H26N4O2S. The molecule has 1 amide bonds. The number of aliphatic imine (C=N–C) groups is 1. The number of aromatic nitrogens is 1. The number of thioether (sulfide) groups is 1. The monoisotopic (exact) mass is 482 g/mol. The number of nitrogens with one attached hydrogen (secondary N) is 1. The highest BCUT2D eigenvalue weighted by molar-refractivity contribution is 8.17. The van der Waals surface area contributed by atoms with Gasteiger partial charge in [-0.3, -0.25) is 15.1 Å². The fourth-order valence-corrected chi connectivity index (χ4v) is 4.92. The van der Waals surface area contributed by atoms with Gasteiger partial charge < -0.3 is 9.30 Å². The van der Waals surface area contributed by atoms with Crippen LogP contribution in [0.15, 0.2) is 88.9 Å². The van der Waals surface area contributed by atoms with Crippen molar-refractivity contribution in [3.63, 3.8) is 0 Å². The lowest BCUT2D eigenvalue weighted by atomic mass is 10.0. The van der Waals surface area contributed by atoms with Gasteiger partial charge >= 0.3 is 0 Å². The molecule has 0 unspecified atom stereocenters. The molecule has 2 aliphatic heterocycles. The first-order chi connectivity index (χ1) is 17.0. The molecule has 6 nitrogen and oxygen atoms in total. The molecule has 2 aliphatic rings. The van der Waals surface area contributed by atoms with Gasteiger partial charge in [-0.15, -0.1) is 0 Å². The van der Waals surface area contributed by atoms with E-state index in [0.717, 1.165) is 22.7 Å². The number of carbonyl (C=O) groups excluding carboxylic acids is 1. The molecule has 3 aromatic rings. The Hall–Kier alpha value is -3.84. The molecule has 0 bridgehead atoms. The second-order valence-electron chi connectivity index (χ2n) is 8.63. The third-order valence-electron chi connectivity index (χ3n) is 5.99. The smallest absolute Gasteiger partial charge is 0.283 e. The number of ether oxygens (including phenoxy) is 1. The molecular weight excluding hydrogens is 456 g/mol. The summed E-state index contributed by atoms with van der Waals surface area (Å²) in [6, 6.07) is 21.9. The van der Waals surface area contributed by atoms with E-state index in [-0.39, 0.29) is 11.4 Å². The minimum absolute atomic E-state index is 0.134. The molecule has 5 rings (SSSR count). The highest BCUT2D eigenvalue weighted by Crippen LogP contribution is 2.37. The first-order valence-corrected chi connectivity index (χ1v) is 12.4. The molecule has 0 atom stereocenters. The van der Waals surface area contributed by atoms with Crippen molar-refractivity contribution >= 4 is 40.4 Å². The van der Waals surface area contributed by atoms with Gasteiger partial charge in [-0.2, -0.15) is 4.99 Å². The number of fused-ring (bicyclic) bond motifs is 1. The second kappa shape index (κ2) is 9.80. The average molecular weight is 483 g/mol. The highest BCUT2D eigenvalue weighted by atomic mass is 32.2. The van der Waals surface area contributed by atoms with Gasteiger partial charge in [0.25, 0.3) is 5.91 Å². The summed E-state index contributed by atoms with van der Waals surface area (Å²) >= 11 is 1.36. The van der Waals surface area contributed by atoms with Gasteiger partial charge in [-0.1, -0.05) is 68.1 Å². The van der Waals surface area contributed by atoms with Crippen LogP contribution in [-0.4, -0.2) is 33.0 Å². The summed E-state index contributed by atoms with van der Waals surface area (Å²) in [7, 11) is 0. The van der Waals surface area contributed by atoms with Crippen LogP contribution in [0.5, 0.6) is 5.75 Å². The zero-order valence-corrected chi connectivity index (χ0v) is 20.5. The van der Waals surface area contributed by atoms with Crippen LogP contribution in [0.3, 0.4) is 0 Å². The average Bonchev–Trinajstić information content (AvgIpc) is 3.49. The SMILES string of the molecule is CC(C)c1ccc(OCCn2cccc2C=C2C(=N)N3C(c4ccccc4)=CSC3=NC2=O)cc1. The quantitative estimate of drug-likeness (QED) is 0.420. The van der Waals surface area contributed by atoms with E-state index in [2.05, 4.69) is 31.0 Å². The van der Waals surface area contributed by atoms with E-state index in [0.29, 0.717) is 24.2 Å². The van der Waals surface area contributed by atoms with Crippen molar-refractivity contribution in [3.05, 3.63) is 101 Å². The first-order valence-electron chi connectivity index (χ1n) is 11.5. The summed E-state index contributed by atoms with van der Waals surface area (Å²) in [5.74, 6) is 1.05. The Morgan fingerprint density at radius 3 is 2.57 bits per heavy atom. The number of hydrogen-bond donors (Lipinski definition) is 1. The van der Waals surface area contributed by atoms with Crippen molar-refractivity contribution in [2.75, 3.05) is 6.61 Å². The summed E-state index contributed by atoms with van der Waals surface area (Å²) in [4.78, 5) is 18.8. The van der Waals surface area contributed by atoms with E-state index in [1.807, 2.05) is 70.8 Å². The second-order valence-corrected chi connectivity index (χ2v) is 9.46. The predicted octanol–water partition coefficient (Wildman–Crippen LogP) is 5.99. The molecule has 0 saturated carbocycles. The van der Waals surface area contributed by atoms with E-state index < -0.39 is 5.91 Å². The minimum Gasteiger partial charge on any atom is -0.492 e.